The van der Waals surface area contributed by atoms with Gasteiger partial charge in [0.2, 0.25) is 5.91 Å². The summed E-state index contributed by atoms with van der Waals surface area (Å²) in [7, 11) is 0. The standard InChI is InChI=1S/C15H24F3NO3/c1-2-3-4-10-5-7-11(8-6-10)13(20)19-12(14(21)22)9-15(16,17)18/h10-12H,2-9H2,1H3,(H,19,20)(H,21,22). The molecule has 0 aromatic carbocycles. The van der Waals surface area contributed by atoms with Crippen molar-refractivity contribution in [2.75, 3.05) is 0 Å². The molecule has 0 aromatic heterocycles. The summed E-state index contributed by atoms with van der Waals surface area (Å²) < 4.78 is 36.9. The van der Waals surface area contributed by atoms with Crippen LogP contribution >= 0.6 is 0 Å². The molecule has 1 amide bonds. The van der Waals surface area contributed by atoms with E-state index in [0.29, 0.717) is 18.8 Å². The Morgan fingerprint density at radius 1 is 1.23 bits per heavy atom. The molecule has 2 N–H and O–H groups in total. The number of unbranched alkanes of at least 4 members (excludes halogenated alkanes) is 1. The van der Waals surface area contributed by atoms with Gasteiger partial charge in [0.05, 0.1) is 6.42 Å². The fourth-order valence-electron chi connectivity index (χ4n) is 2.93. The number of rotatable bonds is 7. The van der Waals surface area contributed by atoms with E-state index < -0.39 is 30.5 Å². The lowest BCUT2D eigenvalue weighted by Gasteiger charge is -2.28. The maximum Gasteiger partial charge on any atom is 0.391 e. The van der Waals surface area contributed by atoms with Gasteiger partial charge in [0.1, 0.15) is 6.04 Å². The van der Waals surface area contributed by atoms with Crippen molar-refractivity contribution in [2.45, 2.75) is 70.5 Å². The van der Waals surface area contributed by atoms with Crippen molar-refractivity contribution < 1.29 is 27.9 Å². The number of alkyl halides is 3. The van der Waals surface area contributed by atoms with Crippen molar-refractivity contribution >= 4 is 11.9 Å². The van der Waals surface area contributed by atoms with Gasteiger partial charge >= 0.3 is 12.1 Å². The van der Waals surface area contributed by atoms with Crippen molar-refractivity contribution in [1.82, 2.24) is 5.32 Å². The number of hydrogen-bond donors (Lipinski definition) is 2. The summed E-state index contributed by atoms with van der Waals surface area (Å²) in [5.41, 5.74) is 0. The van der Waals surface area contributed by atoms with Crippen LogP contribution in [0.25, 0.3) is 0 Å². The van der Waals surface area contributed by atoms with Crippen LogP contribution in [0.15, 0.2) is 0 Å². The van der Waals surface area contributed by atoms with Gasteiger partial charge in [-0.05, 0) is 31.6 Å². The molecule has 1 aliphatic carbocycles. The number of carbonyl (C=O) groups is 2. The smallest absolute Gasteiger partial charge is 0.391 e. The highest BCUT2D eigenvalue weighted by atomic mass is 19.4. The summed E-state index contributed by atoms with van der Waals surface area (Å²) in [6.07, 6.45) is 0.248. The summed E-state index contributed by atoms with van der Waals surface area (Å²) in [4.78, 5) is 22.8. The number of carbonyl (C=O) groups excluding carboxylic acids is 1. The van der Waals surface area contributed by atoms with Gasteiger partial charge in [0, 0.05) is 5.92 Å². The normalized spacial score (nSPS) is 23.8. The Balaban J connectivity index is 2.46. The van der Waals surface area contributed by atoms with Gasteiger partial charge in [-0.25, -0.2) is 4.79 Å². The van der Waals surface area contributed by atoms with Crippen molar-refractivity contribution in [3.8, 4) is 0 Å². The zero-order valence-corrected chi connectivity index (χ0v) is 12.8. The van der Waals surface area contributed by atoms with Crippen molar-refractivity contribution in [3.63, 3.8) is 0 Å². The fourth-order valence-corrected chi connectivity index (χ4v) is 2.93. The SMILES string of the molecule is CCCCC1CCC(C(=O)NC(CC(F)(F)F)C(=O)O)CC1. The van der Waals surface area contributed by atoms with Gasteiger partial charge in [0.15, 0.2) is 0 Å². The molecule has 0 aliphatic heterocycles. The Labute approximate surface area is 128 Å². The predicted molar refractivity (Wildman–Crippen MR) is 75.2 cm³/mol. The number of hydrogen-bond acceptors (Lipinski definition) is 2. The second-order valence-corrected chi connectivity index (χ2v) is 6.08. The lowest BCUT2D eigenvalue weighted by molar-refractivity contribution is -0.160. The van der Waals surface area contributed by atoms with E-state index in [1.165, 1.54) is 0 Å². The van der Waals surface area contributed by atoms with Crippen LogP contribution in [0.3, 0.4) is 0 Å². The van der Waals surface area contributed by atoms with Crippen LogP contribution in [0, 0.1) is 11.8 Å². The number of carboxylic acids is 1. The first kappa shape index (κ1) is 18.8. The van der Waals surface area contributed by atoms with Crippen LogP contribution in [0.4, 0.5) is 13.2 Å². The summed E-state index contributed by atoms with van der Waals surface area (Å²) in [6, 6.07) is -1.90. The third kappa shape index (κ3) is 6.66. The molecular weight excluding hydrogens is 299 g/mol. The number of aliphatic carboxylic acids is 1. The minimum Gasteiger partial charge on any atom is -0.480 e. The summed E-state index contributed by atoms with van der Waals surface area (Å²) in [5.74, 6) is -2.00. The average molecular weight is 323 g/mol. The third-order valence-corrected chi connectivity index (χ3v) is 4.23. The van der Waals surface area contributed by atoms with Crippen LogP contribution in [0.2, 0.25) is 0 Å². The van der Waals surface area contributed by atoms with Gasteiger partial charge < -0.3 is 10.4 Å². The van der Waals surface area contributed by atoms with Crippen molar-refractivity contribution in [1.29, 1.82) is 0 Å². The maximum absolute atomic E-state index is 12.3. The molecular formula is C15H24F3NO3. The van der Waals surface area contributed by atoms with Crippen LogP contribution in [0.1, 0.15) is 58.3 Å². The molecule has 1 unspecified atom stereocenters. The molecule has 1 aliphatic rings. The maximum atomic E-state index is 12.3. The Morgan fingerprint density at radius 2 is 1.82 bits per heavy atom. The molecule has 1 saturated carbocycles. The highest BCUT2D eigenvalue weighted by Gasteiger charge is 2.37. The third-order valence-electron chi connectivity index (χ3n) is 4.23. The van der Waals surface area contributed by atoms with Crippen molar-refractivity contribution in [3.05, 3.63) is 0 Å². The highest BCUT2D eigenvalue weighted by molar-refractivity contribution is 5.85. The molecule has 0 spiro atoms. The van der Waals surface area contributed by atoms with E-state index >= 15 is 0 Å². The molecule has 7 heteroatoms. The Morgan fingerprint density at radius 3 is 2.27 bits per heavy atom. The molecule has 4 nitrogen and oxygen atoms in total. The van der Waals surface area contributed by atoms with Gasteiger partial charge in [-0.1, -0.05) is 26.2 Å². The molecule has 0 saturated heterocycles. The zero-order chi connectivity index (χ0) is 16.8. The van der Waals surface area contributed by atoms with E-state index in [1.54, 1.807) is 0 Å². The first-order chi connectivity index (χ1) is 10.2. The second kappa shape index (κ2) is 8.39. The van der Waals surface area contributed by atoms with Crippen LogP contribution in [0.5, 0.6) is 0 Å². The monoisotopic (exact) mass is 323 g/mol. The molecule has 128 valence electrons. The second-order valence-electron chi connectivity index (χ2n) is 6.08. The average Bonchev–Trinajstić information content (AvgIpc) is 2.43. The Hall–Kier alpha value is -1.27. The first-order valence-electron chi connectivity index (χ1n) is 7.82. The van der Waals surface area contributed by atoms with Crippen LogP contribution in [-0.4, -0.2) is 29.2 Å². The Bertz CT molecular complexity index is 377. The van der Waals surface area contributed by atoms with E-state index in [9.17, 15) is 22.8 Å². The number of nitrogens with one attached hydrogen (secondary N) is 1. The molecule has 22 heavy (non-hydrogen) atoms. The van der Waals surface area contributed by atoms with E-state index in [0.717, 1.165) is 32.1 Å². The molecule has 0 radical (unpaired) electrons. The largest absolute Gasteiger partial charge is 0.480 e. The van der Waals surface area contributed by atoms with E-state index in [4.69, 9.17) is 5.11 Å². The minimum atomic E-state index is -4.62. The molecule has 1 rings (SSSR count). The summed E-state index contributed by atoms with van der Waals surface area (Å²) >= 11 is 0. The quantitative estimate of drug-likeness (QED) is 0.753. The molecule has 0 heterocycles. The van der Waals surface area contributed by atoms with Crippen molar-refractivity contribution in [2.24, 2.45) is 11.8 Å². The fraction of sp³-hybridized carbons (Fsp3) is 0.867. The summed E-state index contributed by atoms with van der Waals surface area (Å²) in [5, 5.41) is 10.9. The zero-order valence-electron chi connectivity index (χ0n) is 12.8. The lowest BCUT2D eigenvalue weighted by atomic mass is 9.79. The molecule has 1 fully saturated rings. The van der Waals surface area contributed by atoms with E-state index in [2.05, 4.69) is 6.92 Å². The highest BCUT2D eigenvalue weighted by Crippen LogP contribution is 2.32. The number of amides is 1. The van der Waals surface area contributed by atoms with Crippen LogP contribution < -0.4 is 5.32 Å². The van der Waals surface area contributed by atoms with E-state index in [-0.39, 0.29) is 5.92 Å². The summed E-state index contributed by atoms with van der Waals surface area (Å²) in [6.45, 7) is 2.12. The molecule has 0 aromatic rings. The van der Waals surface area contributed by atoms with Gasteiger partial charge in [-0.3, -0.25) is 4.79 Å². The number of halogens is 3. The number of carboxylic acid groups (broad SMARTS) is 1. The minimum absolute atomic E-state index is 0.368. The molecule has 1 atom stereocenters. The van der Waals surface area contributed by atoms with E-state index in [1.807, 2.05) is 5.32 Å². The topological polar surface area (TPSA) is 66.4 Å². The lowest BCUT2D eigenvalue weighted by Crippen LogP contribution is -2.46. The Kier molecular flexibility index (Phi) is 7.16. The molecule has 0 bridgehead atoms. The van der Waals surface area contributed by atoms with Gasteiger partial charge in [0.25, 0.3) is 0 Å². The van der Waals surface area contributed by atoms with Gasteiger partial charge in [-0.15, -0.1) is 0 Å². The van der Waals surface area contributed by atoms with Gasteiger partial charge in [-0.2, -0.15) is 13.2 Å². The first-order valence-corrected chi connectivity index (χ1v) is 7.82. The van der Waals surface area contributed by atoms with Crippen LogP contribution in [-0.2, 0) is 9.59 Å². The predicted octanol–water partition coefficient (Wildman–Crippen LogP) is 3.50.